The van der Waals surface area contributed by atoms with Crippen molar-refractivity contribution in [2.75, 3.05) is 20.2 Å². The number of hydrogen-bond acceptors (Lipinski definition) is 4. The minimum absolute atomic E-state index is 0.0280. The van der Waals surface area contributed by atoms with Crippen LogP contribution in [0, 0.1) is 0 Å². The van der Waals surface area contributed by atoms with Gasteiger partial charge in [0.1, 0.15) is 0 Å². The highest BCUT2D eigenvalue weighted by Gasteiger charge is 2.25. The second-order valence-electron chi connectivity index (χ2n) is 5.23. The van der Waals surface area contributed by atoms with Crippen molar-refractivity contribution < 1.29 is 13.2 Å². The van der Waals surface area contributed by atoms with E-state index >= 15 is 0 Å². The van der Waals surface area contributed by atoms with Crippen LogP contribution in [-0.4, -0.2) is 39.0 Å². The predicted molar refractivity (Wildman–Crippen MR) is 82.8 cm³/mol. The molecule has 1 aliphatic rings. The van der Waals surface area contributed by atoms with Gasteiger partial charge in [-0.2, -0.15) is 4.31 Å². The van der Waals surface area contributed by atoms with Crippen LogP contribution in [0.25, 0.3) is 0 Å². The molecule has 2 N–H and O–H groups in total. The minimum atomic E-state index is -3.55. The number of nitrogens with two attached hydrogens (primary N) is 1. The fourth-order valence-corrected chi connectivity index (χ4v) is 3.83. The van der Waals surface area contributed by atoms with Gasteiger partial charge in [0.25, 0.3) is 0 Å². The van der Waals surface area contributed by atoms with Crippen LogP contribution in [0.2, 0.25) is 5.02 Å². The summed E-state index contributed by atoms with van der Waals surface area (Å²) in [5.74, 6) is 0. The average molecular weight is 333 g/mol. The quantitative estimate of drug-likeness (QED) is 0.895. The molecule has 2 rings (SSSR count). The lowest BCUT2D eigenvalue weighted by atomic mass is 10.1. The van der Waals surface area contributed by atoms with Gasteiger partial charge in [0.15, 0.2) is 0 Å². The molecule has 1 fully saturated rings. The molecule has 1 aromatic rings. The molecular weight excluding hydrogens is 312 g/mol. The maximum atomic E-state index is 12.6. The van der Waals surface area contributed by atoms with Crippen molar-refractivity contribution >= 4 is 21.6 Å². The summed E-state index contributed by atoms with van der Waals surface area (Å²) in [6, 6.07) is 4.62. The lowest BCUT2D eigenvalue weighted by Crippen LogP contribution is -2.37. The van der Waals surface area contributed by atoms with Crippen LogP contribution in [0.15, 0.2) is 23.1 Å². The van der Waals surface area contributed by atoms with Gasteiger partial charge in [0, 0.05) is 31.8 Å². The Bertz CT molecular complexity index is 586. The summed E-state index contributed by atoms with van der Waals surface area (Å²) < 4.78 is 32.1. The van der Waals surface area contributed by atoms with Crippen molar-refractivity contribution in [3.8, 4) is 0 Å². The second kappa shape index (κ2) is 7.07. The van der Waals surface area contributed by atoms with Crippen molar-refractivity contribution in [2.24, 2.45) is 5.73 Å². The van der Waals surface area contributed by atoms with E-state index in [9.17, 15) is 8.42 Å². The summed E-state index contributed by atoms with van der Waals surface area (Å²) in [6.45, 7) is 1.28. The van der Waals surface area contributed by atoms with E-state index in [1.807, 2.05) is 0 Å². The standard InChI is InChI=1S/C14H21ClN2O3S/c1-17(10-12-4-2-3-7-20-12)21(18,19)13-5-6-14(15)11(8-13)9-16/h5-6,8,12H,2-4,7,9-10,16H2,1H3. The van der Waals surface area contributed by atoms with E-state index in [-0.39, 0.29) is 17.5 Å². The monoisotopic (exact) mass is 332 g/mol. The molecule has 118 valence electrons. The zero-order valence-electron chi connectivity index (χ0n) is 12.1. The van der Waals surface area contributed by atoms with E-state index in [1.165, 1.54) is 16.4 Å². The number of sulfonamides is 1. The van der Waals surface area contributed by atoms with Crippen molar-refractivity contribution in [3.05, 3.63) is 28.8 Å². The Hall–Kier alpha value is -0.660. The Morgan fingerprint density at radius 2 is 2.19 bits per heavy atom. The first-order valence-electron chi connectivity index (χ1n) is 7.01. The van der Waals surface area contributed by atoms with Gasteiger partial charge < -0.3 is 10.5 Å². The number of hydrogen-bond donors (Lipinski definition) is 1. The second-order valence-corrected chi connectivity index (χ2v) is 7.68. The molecule has 0 spiro atoms. The molecule has 0 radical (unpaired) electrons. The lowest BCUT2D eigenvalue weighted by Gasteiger charge is -2.27. The molecule has 1 heterocycles. The molecule has 7 heteroatoms. The van der Waals surface area contributed by atoms with E-state index in [1.54, 1.807) is 13.1 Å². The highest BCUT2D eigenvalue weighted by Crippen LogP contribution is 2.23. The first kappa shape index (κ1) is 16.7. The van der Waals surface area contributed by atoms with Crippen molar-refractivity contribution in [2.45, 2.75) is 36.8 Å². The number of ether oxygens (including phenoxy) is 1. The lowest BCUT2D eigenvalue weighted by molar-refractivity contribution is 0.00858. The van der Waals surface area contributed by atoms with Crippen molar-refractivity contribution in [1.82, 2.24) is 4.31 Å². The minimum Gasteiger partial charge on any atom is -0.377 e. The summed E-state index contributed by atoms with van der Waals surface area (Å²) in [7, 11) is -1.98. The SMILES string of the molecule is CN(CC1CCCCO1)S(=O)(=O)c1ccc(Cl)c(CN)c1. The van der Waals surface area contributed by atoms with Gasteiger partial charge in [0.2, 0.25) is 10.0 Å². The average Bonchev–Trinajstić information content (AvgIpc) is 2.48. The van der Waals surface area contributed by atoms with Gasteiger partial charge in [-0.25, -0.2) is 8.42 Å². The molecule has 1 unspecified atom stereocenters. The van der Waals surface area contributed by atoms with Crippen LogP contribution in [0.4, 0.5) is 0 Å². The molecule has 1 aromatic carbocycles. The molecular formula is C14H21ClN2O3S. The maximum absolute atomic E-state index is 12.6. The zero-order chi connectivity index (χ0) is 15.5. The maximum Gasteiger partial charge on any atom is 0.242 e. The van der Waals surface area contributed by atoms with Crippen LogP contribution in [-0.2, 0) is 21.3 Å². The van der Waals surface area contributed by atoms with E-state index in [2.05, 4.69) is 0 Å². The van der Waals surface area contributed by atoms with Gasteiger partial charge in [-0.05, 0) is 43.0 Å². The normalized spacial score (nSPS) is 19.9. The van der Waals surface area contributed by atoms with Crippen LogP contribution in [0.1, 0.15) is 24.8 Å². The molecule has 0 bridgehead atoms. The van der Waals surface area contributed by atoms with Gasteiger partial charge in [0.05, 0.1) is 11.0 Å². The molecule has 0 aliphatic carbocycles. The Morgan fingerprint density at radius 3 is 2.81 bits per heavy atom. The summed E-state index contributed by atoms with van der Waals surface area (Å²) in [6.07, 6.45) is 3.00. The smallest absolute Gasteiger partial charge is 0.242 e. The third kappa shape index (κ3) is 3.96. The largest absolute Gasteiger partial charge is 0.377 e. The number of benzene rings is 1. The number of rotatable bonds is 5. The molecule has 0 saturated carbocycles. The number of likely N-dealkylation sites (N-methyl/N-ethyl adjacent to an activating group) is 1. The molecule has 0 aromatic heterocycles. The van der Waals surface area contributed by atoms with Crippen LogP contribution >= 0.6 is 11.6 Å². The first-order valence-corrected chi connectivity index (χ1v) is 8.83. The van der Waals surface area contributed by atoms with Gasteiger partial charge in [-0.3, -0.25) is 0 Å². The third-order valence-corrected chi connectivity index (χ3v) is 5.87. The van der Waals surface area contributed by atoms with Gasteiger partial charge >= 0.3 is 0 Å². The Morgan fingerprint density at radius 1 is 1.43 bits per heavy atom. The summed E-state index contributed by atoms with van der Waals surface area (Å²) in [5.41, 5.74) is 6.20. The van der Waals surface area contributed by atoms with Gasteiger partial charge in [-0.1, -0.05) is 11.6 Å². The zero-order valence-corrected chi connectivity index (χ0v) is 13.7. The van der Waals surface area contributed by atoms with Crippen molar-refractivity contribution in [3.63, 3.8) is 0 Å². The van der Waals surface area contributed by atoms with Gasteiger partial charge in [-0.15, -0.1) is 0 Å². The number of nitrogens with zero attached hydrogens (tertiary/aromatic N) is 1. The summed E-state index contributed by atoms with van der Waals surface area (Å²) in [5, 5.41) is 0.481. The number of halogens is 1. The fraction of sp³-hybridized carbons (Fsp3) is 0.571. The third-order valence-electron chi connectivity index (χ3n) is 3.68. The van der Waals surface area contributed by atoms with E-state index in [0.29, 0.717) is 23.7 Å². The Labute approximate surface area is 131 Å². The highest BCUT2D eigenvalue weighted by atomic mass is 35.5. The molecule has 0 amide bonds. The van der Waals surface area contributed by atoms with Crippen molar-refractivity contribution in [1.29, 1.82) is 0 Å². The molecule has 5 nitrogen and oxygen atoms in total. The molecule has 1 atom stereocenters. The van der Waals surface area contributed by atoms with E-state index in [4.69, 9.17) is 22.1 Å². The summed E-state index contributed by atoms with van der Waals surface area (Å²) in [4.78, 5) is 0.214. The highest BCUT2D eigenvalue weighted by molar-refractivity contribution is 7.89. The van der Waals surface area contributed by atoms with Crippen LogP contribution in [0.3, 0.4) is 0 Å². The van der Waals surface area contributed by atoms with Crippen LogP contribution in [0.5, 0.6) is 0 Å². The molecule has 21 heavy (non-hydrogen) atoms. The van der Waals surface area contributed by atoms with E-state index < -0.39 is 10.0 Å². The molecule has 1 saturated heterocycles. The molecule has 1 aliphatic heterocycles. The van der Waals surface area contributed by atoms with E-state index in [0.717, 1.165) is 19.3 Å². The van der Waals surface area contributed by atoms with Crippen LogP contribution < -0.4 is 5.73 Å². The predicted octanol–water partition coefficient (Wildman–Crippen LogP) is 1.99. The Balaban J connectivity index is 2.16. The fourth-order valence-electron chi connectivity index (χ4n) is 2.38. The Kier molecular flexibility index (Phi) is 5.62. The topological polar surface area (TPSA) is 72.6 Å². The first-order chi connectivity index (χ1) is 9.95. The summed E-state index contributed by atoms with van der Waals surface area (Å²) >= 11 is 5.97.